The molecule has 0 bridgehead atoms. The summed E-state index contributed by atoms with van der Waals surface area (Å²) in [7, 11) is 0. The molecule has 0 fully saturated rings. The van der Waals surface area contributed by atoms with E-state index in [9.17, 15) is 9.90 Å². The average Bonchev–Trinajstić information content (AvgIpc) is 2.37. The van der Waals surface area contributed by atoms with Crippen LogP contribution in [0.1, 0.15) is 10.4 Å². The number of anilines is 1. The highest BCUT2D eigenvalue weighted by atomic mass is 79.9. The fourth-order valence-electron chi connectivity index (χ4n) is 1.35. The molecule has 0 aliphatic rings. The number of nitrogens with zero attached hydrogens (tertiary/aromatic N) is 1. The lowest BCUT2D eigenvalue weighted by Gasteiger charge is -2.07. The van der Waals surface area contributed by atoms with Crippen LogP contribution in [0, 0.1) is 0 Å². The molecule has 0 saturated heterocycles. The van der Waals surface area contributed by atoms with Gasteiger partial charge in [-0.25, -0.2) is 4.98 Å². The molecule has 1 aromatic carbocycles. The summed E-state index contributed by atoms with van der Waals surface area (Å²) in [6.07, 6.45) is 1.52. The Morgan fingerprint density at radius 2 is 2.05 bits per heavy atom. The van der Waals surface area contributed by atoms with Crippen molar-refractivity contribution in [3.05, 3.63) is 50.7 Å². The third kappa shape index (κ3) is 3.37. The van der Waals surface area contributed by atoms with Gasteiger partial charge in [0.1, 0.15) is 5.75 Å². The Balaban J connectivity index is 2.25. The van der Waals surface area contributed by atoms with Crippen LogP contribution in [0.15, 0.2) is 34.9 Å². The molecule has 0 spiro atoms. The van der Waals surface area contributed by atoms with Crippen molar-refractivity contribution in [2.24, 2.45) is 0 Å². The normalized spacial score (nSPS) is 10.3. The largest absolute Gasteiger partial charge is 0.506 e. The zero-order chi connectivity index (χ0) is 14.0. The van der Waals surface area contributed by atoms with E-state index in [1.54, 1.807) is 6.07 Å². The smallest absolute Gasteiger partial charge is 0.255 e. The summed E-state index contributed by atoms with van der Waals surface area (Å²) < 4.78 is 0.691. The molecule has 1 heterocycles. The lowest BCUT2D eigenvalue weighted by Crippen LogP contribution is -2.12. The van der Waals surface area contributed by atoms with Crippen LogP contribution in [-0.2, 0) is 0 Å². The minimum absolute atomic E-state index is 0.0830. The average molecular weight is 362 g/mol. The van der Waals surface area contributed by atoms with Crippen molar-refractivity contribution in [2.75, 3.05) is 5.32 Å². The Kier molecular flexibility index (Phi) is 4.29. The molecule has 19 heavy (non-hydrogen) atoms. The van der Waals surface area contributed by atoms with E-state index in [0.717, 1.165) is 0 Å². The molecule has 2 N–H and O–H groups in total. The zero-order valence-corrected chi connectivity index (χ0v) is 12.4. The van der Waals surface area contributed by atoms with Gasteiger partial charge in [0.15, 0.2) is 5.15 Å². The fourth-order valence-corrected chi connectivity index (χ4v) is 2.02. The van der Waals surface area contributed by atoms with Gasteiger partial charge in [0, 0.05) is 16.2 Å². The van der Waals surface area contributed by atoms with Crippen molar-refractivity contribution < 1.29 is 9.90 Å². The van der Waals surface area contributed by atoms with Gasteiger partial charge in [0.25, 0.3) is 5.91 Å². The number of phenolic OH excluding ortho intramolecular Hbond substituents is 1. The topological polar surface area (TPSA) is 62.2 Å². The Hall–Kier alpha value is -1.30. The van der Waals surface area contributed by atoms with Crippen molar-refractivity contribution in [2.45, 2.75) is 0 Å². The molecule has 0 aliphatic heterocycles. The van der Waals surface area contributed by atoms with Gasteiger partial charge in [-0.05, 0) is 40.2 Å². The van der Waals surface area contributed by atoms with Gasteiger partial charge in [0.2, 0.25) is 0 Å². The van der Waals surface area contributed by atoms with Gasteiger partial charge in [-0.15, -0.1) is 0 Å². The van der Waals surface area contributed by atoms with E-state index in [0.29, 0.717) is 15.7 Å². The number of phenols is 1. The van der Waals surface area contributed by atoms with Crippen molar-refractivity contribution in [1.82, 2.24) is 4.98 Å². The lowest BCUT2D eigenvalue weighted by atomic mass is 10.2. The van der Waals surface area contributed by atoms with Crippen LogP contribution in [0.4, 0.5) is 5.69 Å². The summed E-state index contributed by atoms with van der Waals surface area (Å²) in [4.78, 5) is 15.9. The first-order chi connectivity index (χ1) is 8.97. The Labute approximate surface area is 127 Å². The number of pyridine rings is 1. The summed E-state index contributed by atoms with van der Waals surface area (Å²) >= 11 is 14.9. The molecule has 1 aromatic heterocycles. The molecule has 2 rings (SSSR count). The highest BCUT2D eigenvalue weighted by Crippen LogP contribution is 2.26. The van der Waals surface area contributed by atoms with Gasteiger partial charge in [0.05, 0.1) is 10.7 Å². The molecule has 1 amide bonds. The molecular weight excluding hydrogens is 355 g/mol. The first-order valence-electron chi connectivity index (χ1n) is 5.08. The van der Waals surface area contributed by atoms with Crippen LogP contribution in [-0.4, -0.2) is 16.0 Å². The van der Waals surface area contributed by atoms with Crippen molar-refractivity contribution >= 4 is 50.7 Å². The van der Waals surface area contributed by atoms with Crippen molar-refractivity contribution in [1.29, 1.82) is 0 Å². The number of rotatable bonds is 2. The summed E-state index contributed by atoms with van der Waals surface area (Å²) in [6.45, 7) is 0. The number of halogens is 3. The molecular formula is C12H7BrCl2N2O2. The maximum Gasteiger partial charge on any atom is 0.255 e. The molecule has 7 heteroatoms. The summed E-state index contributed by atoms with van der Waals surface area (Å²) in [5, 5.41) is 12.2. The lowest BCUT2D eigenvalue weighted by molar-refractivity contribution is 0.102. The highest BCUT2D eigenvalue weighted by Gasteiger charge is 2.11. The Morgan fingerprint density at radius 1 is 1.32 bits per heavy atom. The second-order valence-electron chi connectivity index (χ2n) is 3.61. The number of amides is 1. The molecule has 0 saturated carbocycles. The van der Waals surface area contributed by atoms with Gasteiger partial charge in [-0.1, -0.05) is 23.2 Å². The standard InChI is InChI=1S/C12H7BrCl2N2O2/c13-7-4-9(11(15)16-5-7)17-12(19)6-1-2-10(18)8(14)3-6/h1-5,18H,(H,17,19). The minimum Gasteiger partial charge on any atom is -0.506 e. The molecule has 0 aliphatic carbocycles. The minimum atomic E-state index is -0.399. The third-order valence-corrected chi connectivity index (χ3v) is 3.30. The van der Waals surface area contributed by atoms with E-state index in [-0.39, 0.29) is 15.9 Å². The van der Waals surface area contributed by atoms with E-state index in [1.807, 2.05) is 0 Å². The fraction of sp³-hybridized carbons (Fsp3) is 0. The number of benzene rings is 1. The molecule has 4 nitrogen and oxygen atoms in total. The second-order valence-corrected chi connectivity index (χ2v) is 5.29. The number of hydrogen-bond donors (Lipinski definition) is 2. The summed E-state index contributed by atoms with van der Waals surface area (Å²) in [5.74, 6) is -0.482. The highest BCUT2D eigenvalue weighted by molar-refractivity contribution is 9.10. The van der Waals surface area contributed by atoms with Crippen LogP contribution in [0.25, 0.3) is 0 Å². The van der Waals surface area contributed by atoms with Gasteiger partial charge in [-0.2, -0.15) is 0 Å². The van der Waals surface area contributed by atoms with E-state index in [4.69, 9.17) is 23.2 Å². The number of nitrogens with one attached hydrogen (secondary N) is 1. The second kappa shape index (κ2) is 5.77. The van der Waals surface area contributed by atoms with Gasteiger partial charge < -0.3 is 10.4 Å². The predicted molar refractivity (Wildman–Crippen MR) is 78.0 cm³/mol. The summed E-state index contributed by atoms with van der Waals surface area (Å²) in [6, 6.07) is 5.80. The Bertz CT molecular complexity index is 650. The van der Waals surface area contributed by atoms with Gasteiger partial charge in [-0.3, -0.25) is 4.79 Å². The van der Waals surface area contributed by atoms with Crippen LogP contribution < -0.4 is 5.32 Å². The number of aromatic hydroxyl groups is 1. The van der Waals surface area contributed by atoms with Crippen LogP contribution in [0.2, 0.25) is 10.2 Å². The van der Waals surface area contributed by atoms with Crippen molar-refractivity contribution in [3.63, 3.8) is 0 Å². The maximum atomic E-state index is 12.0. The number of carbonyl (C=O) groups is 1. The molecule has 0 radical (unpaired) electrons. The Morgan fingerprint density at radius 3 is 2.74 bits per heavy atom. The van der Waals surface area contributed by atoms with Crippen LogP contribution in [0.5, 0.6) is 5.75 Å². The maximum absolute atomic E-state index is 12.0. The quantitative estimate of drug-likeness (QED) is 0.791. The predicted octanol–water partition coefficient (Wildman–Crippen LogP) is 4.11. The molecule has 98 valence electrons. The SMILES string of the molecule is O=C(Nc1cc(Br)cnc1Cl)c1ccc(O)c(Cl)c1. The number of carbonyl (C=O) groups excluding carboxylic acids is 1. The van der Waals surface area contributed by atoms with E-state index < -0.39 is 5.91 Å². The van der Waals surface area contributed by atoms with Crippen LogP contribution in [0.3, 0.4) is 0 Å². The van der Waals surface area contributed by atoms with E-state index in [1.165, 1.54) is 24.4 Å². The first kappa shape index (κ1) is 14.1. The molecule has 0 atom stereocenters. The molecule has 0 unspecified atom stereocenters. The van der Waals surface area contributed by atoms with Crippen LogP contribution >= 0.6 is 39.1 Å². The van der Waals surface area contributed by atoms with Crippen molar-refractivity contribution in [3.8, 4) is 5.75 Å². The third-order valence-electron chi connectivity index (χ3n) is 2.26. The van der Waals surface area contributed by atoms with E-state index in [2.05, 4.69) is 26.2 Å². The van der Waals surface area contributed by atoms with E-state index >= 15 is 0 Å². The zero-order valence-electron chi connectivity index (χ0n) is 9.32. The monoisotopic (exact) mass is 360 g/mol. The summed E-state index contributed by atoms with van der Waals surface area (Å²) in [5.41, 5.74) is 0.684. The molecule has 2 aromatic rings. The number of aromatic nitrogens is 1. The first-order valence-corrected chi connectivity index (χ1v) is 6.63. The number of hydrogen-bond acceptors (Lipinski definition) is 3. The van der Waals surface area contributed by atoms with Gasteiger partial charge >= 0.3 is 0 Å².